The zero-order valence-electron chi connectivity index (χ0n) is 16.5. The van der Waals surface area contributed by atoms with Crippen molar-refractivity contribution in [2.75, 3.05) is 39.3 Å². The van der Waals surface area contributed by atoms with Crippen LogP contribution in [0.2, 0.25) is 0 Å². The summed E-state index contributed by atoms with van der Waals surface area (Å²) in [6.07, 6.45) is 6.35. The SMILES string of the molecule is CC(C)(C)OC(=O)N1CCN2C(NCCCOC3CCCC3)=NCC2C1. The molecule has 1 saturated carbocycles. The molecule has 1 N–H and O–H groups in total. The van der Waals surface area contributed by atoms with Gasteiger partial charge in [0.25, 0.3) is 0 Å². The number of carbonyl (C=O) groups excluding carboxylic acids is 1. The molecule has 1 amide bonds. The van der Waals surface area contributed by atoms with Crippen LogP contribution in [0.4, 0.5) is 4.79 Å². The van der Waals surface area contributed by atoms with Crippen molar-refractivity contribution in [3.05, 3.63) is 0 Å². The zero-order chi connectivity index (χ0) is 18.6. The molecule has 2 fully saturated rings. The predicted molar refractivity (Wildman–Crippen MR) is 101 cm³/mol. The van der Waals surface area contributed by atoms with E-state index in [-0.39, 0.29) is 12.1 Å². The smallest absolute Gasteiger partial charge is 0.410 e. The molecule has 0 spiro atoms. The van der Waals surface area contributed by atoms with Crippen molar-refractivity contribution in [3.63, 3.8) is 0 Å². The average Bonchev–Trinajstić information content (AvgIpc) is 3.22. The molecule has 3 rings (SSSR count). The van der Waals surface area contributed by atoms with Crippen molar-refractivity contribution >= 4 is 12.1 Å². The molecule has 1 saturated heterocycles. The highest BCUT2D eigenvalue weighted by atomic mass is 16.6. The molecule has 1 aliphatic carbocycles. The van der Waals surface area contributed by atoms with Crippen LogP contribution in [-0.2, 0) is 9.47 Å². The number of nitrogens with one attached hydrogen (secondary N) is 1. The van der Waals surface area contributed by atoms with E-state index in [0.29, 0.717) is 19.2 Å². The van der Waals surface area contributed by atoms with E-state index in [9.17, 15) is 4.79 Å². The number of guanidine groups is 1. The van der Waals surface area contributed by atoms with E-state index in [4.69, 9.17) is 9.47 Å². The fourth-order valence-electron chi connectivity index (χ4n) is 3.80. The molecule has 2 heterocycles. The van der Waals surface area contributed by atoms with Gasteiger partial charge in [-0.2, -0.15) is 0 Å². The minimum absolute atomic E-state index is 0.220. The average molecular weight is 367 g/mol. The van der Waals surface area contributed by atoms with Gasteiger partial charge in [-0.25, -0.2) is 4.79 Å². The number of fused-ring (bicyclic) bond motifs is 1. The van der Waals surface area contributed by atoms with Crippen LogP contribution in [0.1, 0.15) is 52.9 Å². The first-order valence-electron chi connectivity index (χ1n) is 10.1. The van der Waals surface area contributed by atoms with E-state index in [1.165, 1.54) is 25.7 Å². The van der Waals surface area contributed by atoms with E-state index >= 15 is 0 Å². The summed E-state index contributed by atoms with van der Waals surface area (Å²) in [5, 5.41) is 3.45. The molecule has 26 heavy (non-hydrogen) atoms. The summed E-state index contributed by atoms with van der Waals surface area (Å²) in [4.78, 5) is 21.0. The molecule has 0 aromatic rings. The van der Waals surface area contributed by atoms with Crippen LogP contribution in [0.5, 0.6) is 0 Å². The largest absolute Gasteiger partial charge is 0.444 e. The standard InChI is InChI=1S/C19H34N4O3/c1-19(2,3)26-18(24)22-10-11-23-15(14-22)13-21-17(23)20-9-6-12-25-16-7-4-5-8-16/h15-16H,4-14H2,1-3H3,(H,20,21). The van der Waals surface area contributed by atoms with Crippen LogP contribution < -0.4 is 5.32 Å². The first kappa shape index (κ1) is 19.3. The van der Waals surface area contributed by atoms with Crippen LogP contribution in [0.25, 0.3) is 0 Å². The van der Waals surface area contributed by atoms with E-state index in [0.717, 1.165) is 38.6 Å². The highest BCUT2D eigenvalue weighted by Gasteiger charge is 2.36. The van der Waals surface area contributed by atoms with Crippen molar-refractivity contribution < 1.29 is 14.3 Å². The number of carbonyl (C=O) groups is 1. The molecule has 148 valence electrons. The van der Waals surface area contributed by atoms with Crippen LogP contribution in [-0.4, -0.2) is 78.9 Å². The van der Waals surface area contributed by atoms with Gasteiger partial charge in [-0.15, -0.1) is 0 Å². The monoisotopic (exact) mass is 366 g/mol. The van der Waals surface area contributed by atoms with Crippen LogP contribution in [0.15, 0.2) is 4.99 Å². The molecule has 0 aromatic carbocycles. The van der Waals surface area contributed by atoms with Gasteiger partial charge in [0, 0.05) is 32.8 Å². The van der Waals surface area contributed by atoms with Gasteiger partial charge in [-0.3, -0.25) is 4.99 Å². The van der Waals surface area contributed by atoms with Gasteiger partial charge in [0.2, 0.25) is 0 Å². The molecule has 1 unspecified atom stereocenters. The topological polar surface area (TPSA) is 66.4 Å². The number of piperazine rings is 1. The Bertz CT molecular complexity index is 511. The zero-order valence-corrected chi connectivity index (χ0v) is 16.5. The fraction of sp³-hybridized carbons (Fsp3) is 0.895. The molecule has 3 aliphatic rings. The lowest BCUT2D eigenvalue weighted by atomic mass is 10.2. The summed E-state index contributed by atoms with van der Waals surface area (Å²) in [7, 11) is 0. The van der Waals surface area contributed by atoms with Crippen molar-refractivity contribution in [2.45, 2.75) is 70.6 Å². The summed E-state index contributed by atoms with van der Waals surface area (Å²) in [5.41, 5.74) is -0.451. The molecule has 2 aliphatic heterocycles. The highest BCUT2D eigenvalue weighted by molar-refractivity contribution is 5.82. The third-order valence-corrected chi connectivity index (χ3v) is 5.12. The Hall–Kier alpha value is -1.50. The van der Waals surface area contributed by atoms with Gasteiger partial charge in [0.05, 0.1) is 18.7 Å². The second-order valence-corrected chi connectivity index (χ2v) is 8.50. The molecular weight excluding hydrogens is 332 g/mol. The number of amides is 1. The Kier molecular flexibility index (Phi) is 6.27. The van der Waals surface area contributed by atoms with Gasteiger partial charge >= 0.3 is 6.09 Å². The summed E-state index contributed by atoms with van der Waals surface area (Å²) in [6, 6.07) is 0.258. The molecule has 0 aromatic heterocycles. The molecule has 7 nitrogen and oxygen atoms in total. The minimum atomic E-state index is -0.451. The van der Waals surface area contributed by atoms with E-state index in [1.54, 1.807) is 4.90 Å². The van der Waals surface area contributed by atoms with Gasteiger partial charge in [-0.1, -0.05) is 12.8 Å². The Morgan fingerprint density at radius 2 is 2.04 bits per heavy atom. The third-order valence-electron chi connectivity index (χ3n) is 5.12. The van der Waals surface area contributed by atoms with Gasteiger partial charge in [-0.05, 0) is 40.0 Å². The van der Waals surface area contributed by atoms with Gasteiger partial charge < -0.3 is 24.6 Å². The van der Waals surface area contributed by atoms with Crippen LogP contribution in [0.3, 0.4) is 0 Å². The number of hydrogen-bond donors (Lipinski definition) is 1. The Morgan fingerprint density at radius 1 is 1.27 bits per heavy atom. The molecule has 7 heteroatoms. The molecule has 1 atom stereocenters. The van der Waals surface area contributed by atoms with E-state index in [1.807, 2.05) is 20.8 Å². The minimum Gasteiger partial charge on any atom is -0.444 e. The number of hydrogen-bond acceptors (Lipinski definition) is 6. The van der Waals surface area contributed by atoms with Crippen molar-refractivity contribution in [3.8, 4) is 0 Å². The predicted octanol–water partition coefficient (Wildman–Crippen LogP) is 2.22. The number of aliphatic imine (C=N–C) groups is 1. The normalized spacial score (nSPS) is 23.8. The fourth-order valence-corrected chi connectivity index (χ4v) is 3.80. The summed E-state index contributed by atoms with van der Waals surface area (Å²) in [5.74, 6) is 0.972. The van der Waals surface area contributed by atoms with Crippen molar-refractivity contribution in [1.82, 2.24) is 15.1 Å². The first-order chi connectivity index (χ1) is 12.4. The van der Waals surface area contributed by atoms with Crippen molar-refractivity contribution in [1.29, 1.82) is 0 Å². The lowest BCUT2D eigenvalue weighted by Gasteiger charge is -2.39. The molecule has 0 radical (unpaired) electrons. The maximum Gasteiger partial charge on any atom is 0.410 e. The maximum absolute atomic E-state index is 12.3. The number of ether oxygens (including phenoxy) is 2. The summed E-state index contributed by atoms with van der Waals surface area (Å²) in [6.45, 7) is 10.3. The second kappa shape index (κ2) is 8.46. The van der Waals surface area contributed by atoms with E-state index < -0.39 is 5.60 Å². The first-order valence-corrected chi connectivity index (χ1v) is 10.1. The lowest BCUT2D eigenvalue weighted by Crippen LogP contribution is -2.57. The van der Waals surface area contributed by atoms with Crippen LogP contribution >= 0.6 is 0 Å². The number of rotatable bonds is 5. The number of nitrogens with zero attached hydrogens (tertiary/aromatic N) is 3. The van der Waals surface area contributed by atoms with E-state index in [2.05, 4.69) is 15.2 Å². The second-order valence-electron chi connectivity index (χ2n) is 8.50. The van der Waals surface area contributed by atoms with Gasteiger partial charge in [0.15, 0.2) is 5.96 Å². The Balaban J connectivity index is 1.35. The quantitative estimate of drug-likeness (QED) is 0.756. The maximum atomic E-state index is 12.3. The van der Waals surface area contributed by atoms with Crippen molar-refractivity contribution in [2.24, 2.45) is 4.99 Å². The Morgan fingerprint density at radius 3 is 2.77 bits per heavy atom. The van der Waals surface area contributed by atoms with Gasteiger partial charge in [0.1, 0.15) is 5.60 Å². The van der Waals surface area contributed by atoms with Crippen LogP contribution in [0, 0.1) is 0 Å². The highest BCUT2D eigenvalue weighted by Crippen LogP contribution is 2.21. The molecule has 0 bridgehead atoms. The summed E-state index contributed by atoms with van der Waals surface area (Å²) >= 11 is 0. The Labute approximate surface area is 157 Å². The lowest BCUT2D eigenvalue weighted by molar-refractivity contribution is 0.0137. The molecular formula is C19H34N4O3. The third kappa shape index (κ3) is 5.25. The summed E-state index contributed by atoms with van der Waals surface area (Å²) < 4.78 is 11.4.